The summed E-state index contributed by atoms with van der Waals surface area (Å²) in [5, 5.41) is 6.50. The quantitative estimate of drug-likeness (QED) is 0.551. The van der Waals surface area contributed by atoms with Gasteiger partial charge in [0, 0.05) is 34.6 Å². The van der Waals surface area contributed by atoms with Crippen molar-refractivity contribution in [1.82, 2.24) is 15.3 Å². The third-order valence-electron chi connectivity index (χ3n) is 4.18. The second-order valence-electron chi connectivity index (χ2n) is 5.91. The second-order valence-corrected chi connectivity index (χ2v) is 6.77. The van der Waals surface area contributed by atoms with E-state index in [9.17, 15) is 9.18 Å². The molecule has 2 N–H and O–H groups in total. The van der Waals surface area contributed by atoms with Gasteiger partial charge in [0.1, 0.15) is 16.5 Å². The first kappa shape index (κ1) is 16.5. The van der Waals surface area contributed by atoms with Crippen LogP contribution in [0, 0.1) is 5.82 Å². The van der Waals surface area contributed by atoms with Crippen molar-refractivity contribution in [2.45, 2.75) is 6.42 Å². The molecule has 130 valence electrons. The van der Waals surface area contributed by atoms with Crippen LogP contribution in [-0.2, 0) is 6.42 Å². The first-order valence-corrected chi connectivity index (χ1v) is 9.13. The molecule has 0 saturated heterocycles. The number of fused-ring (bicyclic) bond motifs is 1. The highest BCUT2D eigenvalue weighted by Crippen LogP contribution is 2.24. The van der Waals surface area contributed by atoms with Gasteiger partial charge in [0.2, 0.25) is 0 Å². The number of hydrogen-bond acceptors (Lipinski definition) is 3. The molecule has 6 heteroatoms. The molecule has 4 aromatic rings. The summed E-state index contributed by atoms with van der Waals surface area (Å²) in [5.41, 5.74) is 3.45. The van der Waals surface area contributed by atoms with Crippen molar-refractivity contribution < 1.29 is 9.18 Å². The highest BCUT2D eigenvalue weighted by molar-refractivity contribution is 7.13. The van der Waals surface area contributed by atoms with E-state index in [0.717, 1.165) is 17.5 Å². The number of para-hydroxylation sites is 1. The monoisotopic (exact) mass is 365 g/mol. The smallest absolute Gasteiger partial charge is 0.270 e. The number of carbonyl (C=O) groups is 1. The molecule has 0 atom stereocenters. The lowest BCUT2D eigenvalue weighted by atomic mass is 10.1. The summed E-state index contributed by atoms with van der Waals surface area (Å²) < 4.78 is 13.0. The summed E-state index contributed by atoms with van der Waals surface area (Å²) in [6.45, 7) is 0.532. The van der Waals surface area contributed by atoms with E-state index in [2.05, 4.69) is 21.4 Å². The van der Waals surface area contributed by atoms with E-state index in [-0.39, 0.29) is 11.7 Å². The van der Waals surface area contributed by atoms with E-state index in [0.29, 0.717) is 17.2 Å². The molecule has 26 heavy (non-hydrogen) atoms. The predicted octanol–water partition coefficient (Wildman–Crippen LogP) is 4.40. The number of halogens is 1. The molecule has 0 aliphatic heterocycles. The highest BCUT2D eigenvalue weighted by Gasteiger charge is 2.12. The Balaban J connectivity index is 1.39. The number of nitrogens with one attached hydrogen (secondary N) is 2. The maximum Gasteiger partial charge on any atom is 0.270 e. The molecular weight excluding hydrogens is 349 g/mol. The third-order valence-corrected chi connectivity index (χ3v) is 5.07. The number of aromatic amines is 1. The molecule has 0 unspecified atom stereocenters. The van der Waals surface area contributed by atoms with Crippen molar-refractivity contribution in [1.29, 1.82) is 0 Å². The Morgan fingerprint density at radius 1 is 1.15 bits per heavy atom. The Kier molecular flexibility index (Phi) is 4.50. The molecule has 2 aromatic carbocycles. The van der Waals surface area contributed by atoms with Gasteiger partial charge in [-0.15, -0.1) is 11.3 Å². The van der Waals surface area contributed by atoms with Crippen molar-refractivity contribution in [3.8, 4) is 10.6 Å². The van der Waals surface area contributed by atoms with Gasteiger partial charge < -0.3 is 10.3 Å². The topological polar surface area (TPSA) is 57.8 Å². The summed E-state index contributed by atoms with van der Waals surface area (Å²) >= 11 is 1.37. The van der Waals surface area contributed by atoms with E-state index in [1.807, 2.05) is 24.4 Å². The highest BCUT2D eigenvalue weighted by atomic mass is 32.1. The fourth-order valence-corrected chi connectivity index (χ4v) is 3.65. The first-order chi connectivity index (χ1) is 12.7. The number of rotatable bonds is 5. The predicted molar refractivity (Wildman–Crippen MR) is 102 cm³/mol. The van der Waals surface area contributed by atoms with E-state index in [4.69, 9.17) is 0 Å². The van der Waals surface area contributed by atoms with Gasteiger partial charge >= 0.3 is 0 Å². The van der Waals surface area contributed by atoms with E-state index in [1.165, 1.54) is 34.4 Å². The second kappa shape index (κ2) is 7.09. The van der Waals surface area contributed by atoms with Crippen molar-refractivity contribution >= 4 is 28.1 Å². The molecule has 4 rings (SSSR count). The standard InChI is InChI=1S/C20H16FN3OS/c21-15-7-5-13(6-8-15)20-24-18(12-26-20)19(25)22-10-9-14-11-23-17-4-2-1-3-16(14)17/h1-8,11-12,23H,9-10H2,(H,22,25). The molecule has 2 heterocycles. The van der Waals surface area contributed by atoms with Crippen LogP contribution in [0.2, 0.25) is 0 Å². The van der Waals surface area contributed by atoms with Gasteiger partial charge in [-0.25, -0.2) is 9.37 Å². The van der Waals surface area contributed by atoms with Crippen LogP contribution in [0.3, 0.4) is 0 Å². The van der Waals surface area contributed by atoms with Crippen molar-refractivity contribution in [2.75, 3.05) is 6.54 Å². The lowest BCUT2D eigenvalue weighted by Crippen LogP contribution is -2.25. The van der Waals surface area contributed by atoms with E-state index >= 15 is 0 Å². The molecule has 0 radical (unpaired) electrons. The lowest BCUT2D eigenvalue weighted by molar-refractivity contribution is 0.0950. The molecule has 0 spiro atoms. The number of H-pyrrole nitrogens is 1. The zero-order valence-electron chi connectivity index (χ0n) is 13.8. The van der Waals surface area contributed by atoms with Crippen LogP contribution in [0.25, 0.3) is 21.5 Å². The molecule has 0 aliphatic carbocycles. The zero-order valence-corrected chi connectivity index (χ0v) is 14.6. The van der Waals surface area contributed by atoms with Gasteiger partial charge in [-0.2, -0.15) is 0 Å². The molecule has 2 aromatic heterocycles. The number of amides is 1. The Morgan fingerprint density at radius 2 is 1.96 bits per heavy atom. The van der Waals surface area contributed by atoms with Crippen LogP contribution in [0.15, 0.2) is 60.1 Å². The fourth-order valence-electron chi connectivity index (χ4n) is 2.84. The molecule has 0 bridgehead atoms. The van der Waals surface area contributed by atoms with E-state index in [1.54, 1.807) is 17.5 Å². The average Bonchev–Trinajstić information content (AvgIpc) is 3.30. The lowest BCUT2D eigenvalue weighted by Gasteiger charge is -2.03. The number of hydrogen-bond donors (Lipinski definition) is 2. The number of nitrogens with zero attached hydrogens (tertiary/aromatic N) is 1. The van der Waals surface area contributed by atoms with Crippen LogP contribution in [0.5, 0.6) is 0 Å². The summed E-state index contributed by atoms with van der Waals surface area (Å²) in [6, 6.07) is 14.2. The molecule has 0 fully saturated rings. The van der Waals surface area contributed by atoms with Gasteiger partial charge in [-0.3, -0.25) is 4.79 Å². The Bertz CT molecular complexity index is 1050. The van der Waals surface area contributed by atoms with Crippen molar-refractivity contribution in [3.05, 3.63) is 77.2 Å². The minimum Gasteiger partial charge on any atom is -0.361 e. The Hall–Kier alpha value is -2.99. The Labute approximate surface area is 153 Å². The molecule has 1 amide bonds. The average molecular weight is 365 g/mol. The molecular formula is C20H16FN3OS. The molecule has 0 aliphatic rings. The van der Waals surface area contributed by atoms with Crippen molar-refractivity contribution in [2.24, 2.45) is 0 Å². The summed E-state index contributed by atoms with van der Waals surface area (Å²) in [5.74, 6) is -0.491. The summed E-state index contributed by atoms with van der Waals surface area (Å²) in [7, 11) is 0. The van der Waals surface area contributed by atoms with Crippen LogP contribution in [-0.4, -0.2) is 22.4 Å². The minimum absolute atomic E-state index is 0.200. The fraction of sp³-hybridized carbons (Fsp3) is 0.100. The Morgan fingerprint density at radius 3 is 2.81 bits per heavy atom. The van der Waals surface area contributed by atoms with Gasteiger partial charge in [0.15, 0.2) is 0 Å². The van der Waals surface area contributed by atoms with E-state index < -0.39 is 0 Å². The first-order valence-electron chi connectivity index (χ1n) is 8.25. The molecule has 4 nitrogen and oxygen atoms in total. The summed E-state index contributed by atoms with van der Waals surface area (Å²) in [4.78, 5) is 19.9. The largest absolute Gasteiger partial charge is 0.361 e. The normalized spacial score (nSPS) is 11.0. The van der Waals surface area contributed by atoms with Crippen molar-refractivity contribution in [3.63, 3.8) is 0 Å². The third kappa shape index (κ3) is 3.36. The maximum absolute atomic E-state index is 13.0. The van der Waals surface area contributed by atoms with Gasteiger partial charge in [-0.05, 0) is 42.3 Å². The number of aromatic nitrogens is 2. The summed E-state index contributed by atoms with van der Waals surface area (Å²) in [6.07, 6.45) is 2.72. The van der Waals surface area contributed by atoms with Crippen LogP contribution in [0.1, 0.15) is 16.1 Å². The van der Waals surface area contributed by atoms with Gasteiger partial charge in [-0.1, -0.05) is 18.2 Å². The van der Waals surface area contributed by atoms with Crippen LogP contribution in [0.4, 0.5) is 4.39 Å². The number of carbonyl (C=O) groups excluding carboxylic acids is 1. The number of benzene rings is 2. The molecule has 0 saturated carbocycles. The zero-order chi connectivity index (χ0) is 17.9. The number of thiazole rings is 1. The SMILES string of the molecule is O=C(NCCc1c[nH]c2ccccc12)c1csc(-c2ccc(F)cc2)n1. The maximum atomic E-state index is 13.0. The van der Waals surface area contributed by atoms with Crippen LogP contribution >= 0.6 is 11.3 Å². The van der Waals surface area contributed by atoms with Gasteiger partial charge in [0.25, 0.3) is 5.91 Å². The minimum atomic E-state index is -0.291. The van der Waals surface area contributed by atoms with Gasteiger partial charge in [0.05, 0.1) is 0 Å². The van der Waals surface area contributed by atoms with Crippen LogP contribution < -0.4 is 5.32 Å².